The van der Waals surface area contributed by atoms with Gasteiger partial charge in [0, 0.05) is 21.8 Å². The van der Waals surface area contributed by atoms with Crippen LogP contribution in [0.3, 0.4) is 0 Å². The van der Waals surface area contributed by atoms with E-state index in [1.165, 1.54) is 0 Å². The second kappa shape index (κ2) is 4.31. The molecule has 0 saturated carbocycles. The highest BCUT2D eigenvalue weighted by atomic mass is 35.5. The molecule has 2 N–H and O–H groups in total. The largest absolute Gasteiger partial charge is 0.324 e. The predicted molar refractivity (Wildman–Crippen MR) is 64.2 cm³/mol. The minimum atomic E-state index is 0.0335. The van der Waals surface area contributed by atoms with Gasteiger partial charge in [-0.25, -0.2) is 0 Å². The van der Waals surface area contributed by atoms with Gasteiger partial charge in [-0.2, -0.15) is 11.8 Å². The summed E-state index contributed by atoms with van der Waals surface area (Å²) in [4.78, 5) is 0. The van der Waals surface area contributed by atoms with Gasteiger partial charge in [0.05, 0.1) is 0 Å². The monoisotopic (exact) mass is 247 g/mol. The molecule has 1 heterocycles. The lowest BCUT2D eigenvalue weighted by molar-refractivity contribution is 0.706. The maximum atomic E-state index is 6.13. The number of benzene rings is 1. The highest BCUT2D eigenvalue weighted by molar-refractivity contribution is 7.98. The summed E-state index contributed by atoms with van der Waals surface area (Å²) >= 11 is 14.1. The van der Waals surface area contributed by atoms with Gasteiger partial charge in [-0.1, -0.05) is 23.2 Å². The van der Waals surface area contributed by atoms with Crippen molar-refractivity contribution >= 4 is 35.0 Å². The zero-order chi connectivity index (χ0) is 10.1. The summed E-state index contributed by atoms with van der Waals surface area (Å²) in [6, 6.07) is 3.71. The van der Waals surface area contributed by atoms with E-state index in [9.17, 15) is 0 Å². The molecule has 1 nitrogen and oxygen atoms in total. The van der Waals surface area contributed by atoms with Crippen LogP contribution in [0.2, 0.25) is 10.0 Å². The lowest BCUT2D eigenvalue weighted by atomic mass is 10.00. The number of thioether (sulfide) groups is 1. The van der Waals surface area contributed by atoms with Gasteiger partial charge in [-0.05, 0) is 35.4 Å². The van der Waals surface area contributed by atoms with Crippen molar-refractivity contribution in [3.63, 3.8) is 0 Å². The van der Waals surface area contributed by atoms with Crippen molar-refractivity contribution in [3.05, 3.63) is 33.3 Å². The van der Waals surface area contributed by atoms with Gasteiger partial charge >= 0.3 is 0 Å². The minimum absolute atomic E-state index is 0.0335. The fourth-order valence-electron chi connectivity index (χ4n) is 1.69. The summed E-state index contributed by atoms with van der Waals surface area (Å²) in [5.74, 6) is 1.99. The molecule has 0 bridgehead atoms. The number of rotatable bonds is 0. The maximum Gasteiger partial charge on any atom is 0.0457 e. The molecule has 1 aromatic rings. The Morgan fingerprint density at radius 1 is 1.29 bits per heavy atom. The molecule has 0 spiro atoms. The second-order valence-electron chi connectivity index (χ2n) is 3.37. The number of halogens is 2. The molecule has 0 aliphatic carbocycles. The summed E-state index contributed by atoms with van der Waals surface area (Å²) < 4.78 is 0. The van der Waals surface area contributed by atoms with Gasteiger partial charge in [0.2, 0.25) is 0 Å². The summed E-state index contributed by atoms with van der Waals surface area (Å²) in [6.45, 7) is 0. The van der Waals surface area contributed by atoms with E-state index in [4.69, 9.17) is 28.9 Å². The molecule has 1 aromatic carbocycles. The first-order valence-electron chi connectivity index (χ1n) is 4.50. The Bertz CT molecular complexity index is 354. The Balaban J connectivity index is 2.57. The molecule has 2 rings (SSSR count). The second-order valence-corrected chi connectivity index (χ2v) is 5.29. The summed E-state index contributed by atoms with van der Waals surface area (Å²) in [5, 5.41) is 1.54. The highest BCUT2D eigenvalue weighted by Crippen LogP contribution is 2.37. The molecule has 1 aliphatic rings. The fourth-order valence-corrected chi connectivity index (χ4v) is 3.39. The molecule has 76 valence electrons. The molecule has 0 radical (unpaired) electrons. The molecule has 0 amide bonds. The maximum absolute atomic E-state index is 6.13. The van der Waals surface area contributed by atoms with Crippen molar-refractivity contribution in [1.29, 1.82) is 0 Å². The average molecular weight is 248 g/mol. The molecule has 1 aliphatic heterocycles. The van der Waals surface area contributed by atoms with Crippen LogP contribution in [0.1, 0.15) is 23.6 Å². The molecule has 0 aromatic heterocycles. The van der Waals surface area contributed by atoms with Crippen molar-refractivity contribution in [1.82, 2.24) is 0 Å². The van der Waals surface area contributed by atoms with Crippen LogP contribution in [0.5, 0.6) is 0 Å². The zero-order valence-corrected chi connectivity index (χ0v) is 9.92. The van der Waals surface area contributed by atoms with Gasteiger partial charge in [-0.3, -0.25) is 0 Å². The Kier molecular flexibility index (Phi) is 3.27. The molecular formula is C10H11Cl2NS. The van der Waals surface area contributed by atoms with Crippen LogP contribution in [0.15, 0.2) is 12.1 Å². The number of nitrogens with two attached hydrogens (primary N) is 1. The van der Waals surface area contributed by atoms with Crippen molar-refractivity contribution in [3.8, 4) is 0 Å². The lowest BCUT2D eigenvalue weighted by Gasteiger charge is -2.14. The van der Waals surface area contributed by atoms with Crippen molar-refractivity contribution in [2.45, 2.75) is 18.2 Å². The molecule has 0 unspecified atom stereocenters. The number of fused-ring (bicyclic) bond motifs is 1. The van der Waals surface area contributed by atoms with E-state index in [1.807, 2.05) is 23.9 Å². The van der Waals surface area contributed by atoms with Crippen LogP contribution in [0.25, 0.3) is 0 Å². The average Bonchev–Trinajstić information content (AvgIpc) is 2.35. The van der Waals surface area contributed by atoms with E-state index < -0.39 is 0 Å². The topological polar surface area (TPSA) is 26.0 Å². The normalized spacial score (nSPS) is 21.5. The van der Waals surface area contributed by atoms with E-state index in [-0.39, 0.29) is 6.04 Å². The van der Waals surface area contributed by atoms with Crippen LogP contribution in [0.4, 0.5) is 0 Å². The predicted octanol–water partition coefficient (Wildman–Crippen LogP) is 3.63. The van der Waals surface area contributed by atoms with Crippen LogP contribution < -0.4 is 5.73 Å². The van der Waals surface area contributed by atoms with E-state index in [0.717, 1.165) is 39.1 Å². The summed E-state index contributed by atoms with van der Waals surface area (Å²) in [7, 11) is 0. The van der Waals surface area contributed by atoms with Gasteiger partial charge in [0.1, 0.15) is 0 Å². The molecule has 0 saturated heterocycles. The number of hydrogen-bond donors (Lipinski definition) is 1. The standard InChI is InChI=1S/C10H11Cl2NS/c11-7-1-2-8(12)10-6(7)5-14-4-3-9(10)13/h1-2,9H,3-5,13H2/t9-/m0/s1. The molecular weight excluding hydrogens is 237 g/mol. The quantitative estimate of drug-likeness (QED) is 0.758. The van der Waals surface area contributed by atoms with Crippen LogP contribution in [0, 0.1) is 0 Å². The Hall–Kier alpha value is 0.110. The Morgan fingerprint density at radius 2 is 2.00 bits per heavy atom. The third-order valence-electron chi connectivity index (χ3n) is 2.44. The molecule has 1 atom stereocenters. The number of hydrogen-bond acceptors (Lipinski definition) is 2. The summed E-state index contributed by atoms with van der Waals surface area (Å²) in [5.41, 5.74) is 8.22. The van der Waals surface area contributed by atoms with Gasteiger partial charge in [-0.15, -0.1) is 0 Å². The van der Waals surface area contributed by atoms with E-state index >= 15 is 0 Å². The van der Waals surface area contributed by atoms with E-state index in [1.54, 1.807) is 0 Å². The van der Waals surface area contributed by atoms with E-state index in [2.05, 4.69) is 0 Å². The third-order valence-corrected chi connectivity index (χ3v) is 4.14. The Labute approximate surface area is 98.0 Å². The molecule has 4 heteroatoms. The zero-order valence-electron chi connectivity index (χ0n) is 7.59. The fraction of sp³-hybridized carbons (Fsp3) is 0.400. The molecule has 14 heavy (non-hydrogen) atoms. The smallest absolute Gasteiger partial charge is 0.0457 e. The van der Waals surface area contributed by atoms with Gasteiger partial charge in [0.25, 0.3) is 0 Å². The van der Waals surface area contributed by atoms with E-state index in [0.29, 0.717) is 0 Å². The van der Waals surface area contributed by atoms with Crippen molar-refractivity contribution in [2.24, 2.45) is 5.73 Å². The van der Waals surface area contributed by atoms with Crippen molar-refractivity contribution in [2.75, 3.05) is 5.75 Å². The highest BCUT2D eigenvalue weighted by Gasteiger charge is 2.20. The van der Waals surface area contributed by atoms with Gasteiger partial charge in [0.15, 0.2) is 0 Å². The summed E-state index contributed by atoms with van der Waals surface area (Å²) in [6.07, 6.45) is 0.970. The minimum Gasteiger partial charge on any atom is -0.324 e. The SMILES string of the molecule is N[C@H]1CCSCc2c(Cl)ccc(Cl)c21. The lowest BCUT2D eigenvalue weighted by Crippen LogP contribution is -2.12. The molecule has 0 fully saturated rings. The van der Waals surface area contributed by atoms with Crippen molar-refractivity contribution < 1.29 is 0 Å². The van der Waals surface area contributed by atoms with Crippen LogP contribution >= 0.6 is 35.0 Å². The first-order valence-corrected chi connectivity index (χ1v) is 6.41. The van der Waals surface area contributed by atoms with Crippen LogP contribution in [-0.2, 0) is 5.75 Å². The first kappa shape index (κ1) is 10.6. The van der Waals surface area contributed by atoms with Gasteiger partial charge < -0.3 is 5.73 Å². The third kappa shape index (κ3) is 1.89. The van der Waals surface area contributed by atoms with Crippen LogP contribution in [-0.4, -0.2) is 5.75 Å². The first-order chi connectivity index (χ1) is 6.70. The Morgan fingerprint density at radius 3 is 2.79 bits per heavy atom.